The monoisotopic (exact) mass is 505 g/mol. The largest absolute Gasteiger partial charge is 0.462 e. The summed E-state index contributed by atoms with van der Waals surface area (Å²) in [5, 5.41) is 0. The SMILES string of the molecule is Cc1ccc2c(c1)C1(c3ccccc3-c3ccccc31)c1cc(C)ccc1N2c1ccc2c(c1)CCOC2=O. The van der Waals surface area contributed by atoms with Crippen LogP contribution < -0.4 is 4.90 Å². The molecular formula is C36H27NO2. The minimum atomic E-state index is -0.426. The smallest absolute Gasteiger partial charge is 0.338 e. The molecule has 0 saturated carbocycles. The standard InChI is InChI=1S/C36H27NO2/c1-22-11-15-33-31(19-22)36(29-9-5-3-7-27(29)28-8-4-6-10-30(28)36)32-20-23(2)12-16-34(32)37(33)25-13-14-26-24(21-25)17-18-39-35(26)38/h3-16,19-21H,17-18H2,1-2H3. The molecule has 0 unspecified atom stereocenters. The van der Waals surface area contributed by atoms with Crippen molar-refractivity contribution in [3.8, 4) is 11.1 Å². The van der Waals surface area contributed by atoms with Gasteiger partial charge in [0, 0.05) is 12.1 Å². The van der Waals surface area contributed by atoms with Gasteiger partial charge in [0.2, 0.25) is 0 Å². The second-order valence-corrected chi connectivity index (χ2v) is 10.9. The number of hydrogen-bond acceptors (Lipinski definition) is 3. The predicted octanol–water partition coefficient (Wildman–Crippen LogP) is 8.16. The molecule has 0 N–H and O–H groups in total. The molecule has 3 heteroatoms. The number of cyclic esters (lactones) is 1. The molecule has 5 aromatic carbocycles. The zero-order chi connectivity index (χ0) is 26.3. The summed E-state index contributed by atoms with van der Waals surface area (Å²) in [7, 11) is 0. The number of rotatable bonds is 1. The Morgan fingerprint density at radius 2 is 1.23 bits per heavy atom. The van der Waals surface area contributed by atoms with Crippen molar-refractivity contribution in [1.29, 1.82) is 0 Å². The van der Waals surface area contributed by atoms with Crippen molar-refractivity contribution >= 4 is 23.0 Å². The molecule has 0 radical (unpaired) electrons. The van der Waals surface area contributed by atoms with E-state index in [-0.39, 0.29) is 5.97 Å². The molecule has 2 aliphatic heterocycles. The Morgan fingerprint density at radius 1 is 0.641 bits per heavy atom. The maximum atomic E-state index is 12.4. The Labute approximate surface area is 228 Å². The summed E-state index contributed by atoms with van der Waals surface area (Å²) in [6.07, 6.45) is 0.731. The quantitative estimate of drug-likeness (QED) is 0.211. The summed E-state index contributed by atoms with van der Waals surface area (Å²) in [5.41, 5.74) is 15.0. The van der Waals surface area contributed by atoms with Gasteiger partial charge in [0.05, 0.1) is 29.0 Å². The number of carbonyl (C=O) groups excluding carboxylic acids is 1. The average molecular weight is 506 g/mol. The van der Waals surface area contributed by atoms with Crippen LogP contribution in [-0.2, 0) is 16.6 Å². The maximum absolute atomic E-state index is 12.4. The van der Waals surface area contributed by atoms with E-state index < -0.39 is 5.41 Å². The van der Waals surface area contributed by atoms with Crippen molar-refractivity contribution in [3.63, 3.8) is 0 Å². The molecule has 1 aliphatic carbocycles. The number of hydrogen-bond donors (Lipinski definition) is 0. The van der Waals surface area contributed by atoms with Crippen LogP contribution in [0.4, 0.5) is 17.1 Å². The molecule has 0 saturated heterocycles. The summed E-state index contributed by atoms with van der Waals surface area (Å²) >= 11 is 0. The Balaban J connectivity index is 1.49. The van der Waals surface area contributed by atoms with Gasteiger partial charge in [-0.25, -0.2) is 4.79 Å². The Bertz CT molecular complexity index is 1750. The van der Waals surface area contributed by atoms with Crippen molar-refractivity contribution < 1.29 is 9.53 Å². The summed E-state index contributed by atoms with van der Waals surface area (Å²) in [6.45, 7) is 4.79. The minimum Gasteiger partial charge on any atom is -0.462 e. The molecule has 0 atom stereocenters. The van der Waals surface area contributed by atoms with Crippen molar-refractivity contribution in [2.75, 3.05) is 11.5 Å². The van der Waals surface area contributed by atoms with Crippen molar-refractivity contribution in [2.24, 2.45) is 0 Å². The van der Waals surface area contributed by atoms with Gasteiger partial charge in [0.25, 0.3) is 0 Å². The molecule has 3 nitrogen and oxygen atoms in total. The summed E-state index contributed by atoms with van der Waals surface area (Å²) < 4.78 is 5.31. The number of carbonyl (C=O) groups is 1. The number of fused-ring (bicyclic) bond motifs is 10. The van der Waals surface area contributed by atoms with Crippen LogP contribution in [0.2, 0.25) is 0 Å². The third kappa shape index (κ3) is 2.90. The number of ether oxygens (including phenoxy) is 1. The van der Waals surface area contributed by atoms with Gasteiger partial charge in [-0.2, -0.15) is 0 Å². The fraction of sp³-hybridized carbons (Fsp3) is 0.139. The number of anilines is 3. The molecular weight excluding hydrogens is 478 g/mol. The lowest BCUT2D eigenvalue weighted by molar-refractivity contribution is 0.0480. The second kappa shape index (κ2) is 7.94. The van der Waals surface area contributed by atoms with Crippen molar-refractivity contribution in [1.82, 2.24) is 0 Å². The first kappa shape index (κ1) is 22.4. The molecule has 39 heavy (non-hydrogen) atoms. The zero-order valence-electron chi connectivity index (χ0n) is 22.0. The number of nitrogens with zero attached hydrogens (tertiary/aromatic N) is 1. The number of esters is 1. The third-order valence-corrected chi connectivity index (χ3v) is 8.72. The van der Waals surface area contributed by atoms with Crippen LogP contribution in [0.5, 0.6) is 0 Å². The van der Waals surface area contributed by atoms with Crippen LogP contribution in [0.25, 0.3) is 11.1 Å². The Kier molecular flexibility index (Phi) is 4.55. The van der Waals surface area contributed by atoms with Gasteiger partial charge in [-0.15, -0.1) is 0 Å². The van der Waals surface area contributed by atoms with Gasteiger partial charge >= 0.3 is 5.97 Å². The van der Waals surface area contributed by atoms with Crippen LogP contribution in [-0.4, -0.2) is 12.6 Å². The summed E-state index contributed by atoms with van der Waals surface area (Å²) in [6, 6.07) is 37.7. The Hall–Kier alpha value is -4.63. The lowest BCUT2D eigenvalue weighted by Crippen LogP contribution is -2.36. The van der Waals surface area contributed by atoms with Crippen LogP contribution in [0, 0.1) is 13.8 Å². The fourth-order valence-electron chi connectivity index (χ4n) is 7.12. The summed E-state index contributed by atoms with van der Waals surface area (Å²) in [4.78, 5) is 14.8. The Morgan fingerprint density at radius 3 is 1.85 bits per heavy atom. The highest BCUT2D eigenvalue weighted by Crippen LogP contribution is 2.63. The van der Waals surface area contributed by atoms with Gasteiger partial charge in [0.1, 0.15) is 0 Å². The van der Waals surface area contributed by atoms with E-state index >= 15 is 0 Å². The number of benzene rings is 5. The van der Waals surface area contributed by atoms with E-state index in [4.69, 9.17) is 4.74 Å². The van der Waals surface area contributed by atoms with E-state index in [1.165, 1.54) is 55.9 Å². The molecule has 0 bridgehead atoms. The highest BCUT2D eigenvalue weighted by Gasteiger charge is 2.51. The van der Waals surface area contributed by atoms with E-state index in [1.54, 1.807) is 0 Å². The van der Waals surface area contributed by atoms with Crippen molar-refractivity contribution in [3.05, 3.63) is 148 Å². The molecule has 188 valence electrons. The van der Waals surface area contributed by atoms with Crippen LogP contribution >= 0.6 is 0 Å². The maximum Gasteiger partial charge on any atom is 0.338 e. The first-order valence-electron chi connectivity index (χ1n) is 13.6. The molecule has 0 aromatic heterocycles. The van der Waals surface area contributed by atoms with Crippen LogP contribution in [0.15, 0.2) is 103 Å². The van der Waals surface area contributed by atoms with E-state index in [2.05, 4.69) is 116 Å². The second-order valence-electron chi connectivity index (χ2n) is 10.9. The first-order valence-corrected chi connectivity index (χ1v) is 13.6. The highest BCUT2D eigenvalue weighted by atomic mass is 16.5. The van der Waals surface area contributed by atoms with Crippen LogP contribution in [0.1, 0.15) is 49.3 Å². The zero-order valence-corrected chi connectivity index (χ0v) is 22.0. The molecule has 5 aromatic rings. The van der Waals surface area contributed by atoms with Gasteiger partial charge in [-0.05, 0) is 83.1 Å². The third-order valence-electron chi connectivity index (χ3n) is 8.72. The molecule has 3 aliphatic rings. The summed E-state index contributed by atoms with van der Waals surface area (Å²) in [5.74, 6) is -0.230. The first-order chi connectivity index (χ1) is 19.1. The number of aryl methyl sites for hydroxylation is 2. The van der Waals surface area contributed by atoms with Crippen LogP contribution in [0.3, 0.4) is 0 Å². The fourth-order valence-corrected chi connectivity index (χ4v) is 7.12. The van der Waals surface area contributed by atoms with Gasteiger partial charge in [-0.1, -0.05) is 83.9 Å². The van der Waals surface area contributed by atoms with Gasteiger partial charge in [0.15, 0.2) is 0 Å². The molecule has 2 heterocycles. The molecule has 8 rings (SSSR count). The van der Waals surface area contributed by atoms with E-state index in [9.17, 15) is 4.79 Å². The predicted molar refractivity (Wildman–Crippen MR) is 155 cm³/mol. The normalized spacial score (nSPS) is 15.6. The lowest BCUT2D eigenvalue weighted by atomic mass is 9.64. The molecule has 0 fully saturated rings. The molecule has 1 spiro atoms. The molecule has 0 amide bonds. The van der Waals surface area contributed by atoms with E-state index in [0.717, 1.165) is 17.7 Å². The topological polar surface area (TPSA) is 29.5 Å². The lowest BCUT2D eigenvalue weighted by Gasteiger charge is -2.45. The van der Waals surface area contributed by atoms with E-state index in [1.807, 2.05) is 6.07 Å². The van der Waals surface area contributed by atoms with Gasteiger partial charge < -0.3 is 9.64 Å². The van der Waals surface area contributed by atoms with Gasteiger partial charge in [-0.3, -0.25) is 0 Å². The van der Waals surface area contributed by atoms with Crippen molar-refractivity contribution in [2.45, 2.75) is 25.7 Å². The average Bonchev–Trinajstić information content (AvgIpc) is 3.25. The van der Waals surface area contributed by atoms with E-state index in [0.29, 0.717) is 12.2 Å². The minimum absolute atomic E-state index is 0.230. The highest BCUT2D eigenvalue weighted by molar-refractivity contribution is 5.97.